The van der Waals surface area contributed by atoms with Crippen molar-refractivity contribution in [3.63, 3.8) is 0 Å². The number of carbonyl (C=O) groups excluding carboxylic acids is 4. The van der Waals surface area contributed by atoms with Gasteiger partial charge in [-0.25, -0.2) is 4.79 Å². The molecule has 35 heavy (non-hydrogen) atoms. The molecule has 2 aromatic rings. The summed E-state index contributed by atoms with van der Waals surface area (Å²) in [6.45, 7) is -0.453. The number of ketones is 1. The smallest absolute Gasteiger partial charge is 0.330 e. The summed E-state index contributed by atoms with van der Waals surface area (Å²) in [6, 6.07) is 14.9. The van der Waals surface area contributed by atoms with Crippen LogP contribution in [0.3, 0.4) is 0 Å². The van der Waals surface area contributed by atoms with Crippen LogP contribution in [0.4, 0.5) is 0 Å². The Morgan fingerprint density at radius 3 is 2.11 bits per heavy atom. The van der Waals surface area contributed by atoms with Crippen molar-refractivity contribution in [1.82, 2.24) is 4.90 Å². The number of allylic oxidation sites excluding steroid dienone is 2. The summed E-state index contributed by atoms with van der Waals surface area (Å²) < 4.78 is 6.26. The van der Waals surface area contributed by atoms with Gasteiger partial charge in [0.2, 0.25) is 11.8 Å². The minimum atomic E-state index is -1.10. The monoisotopic (exact) mass is 533 g/mol. The van der Waals surface area contributed by atoms with Crippen LogP contribution in [0.5, 0.6) is 0 Å². The molecule has 5 aliphatic rings. The van der Waals surface area contributed by atoms with Crippen molar-refractivity contribution in [3.05, 3.63) is 82.3 Å². The molecule has 178 valence electrons. The van der Waals surface area contributed by atoms with Gasteiger partial charge >= 0.3 is 5.97 Å². The van der Waals surface area contributed by atoms with Crippen LogP contribution in [0.2, 0.25) is 0 Å². The van der Waals surface area contributed by atoms with Gasteiger partial charge in [-0.2, -0.15) is 0 Å². The molecule has 2 aromatic carbocycles. The minimum absolute atomic E-state index is 0.0730. The van der Waals surface area contributed by atoms with E-state index in [2.05, 4.69) is 28.1 Å². The first-order valence-electron chi connectivity index (χ1n) is 12.0. The molecule has 2 saturated carbocycles. The van der Waals surface area contributed by atoms with Crippen LogP contribution in [0.15, 0.2) is 71.2 Å². The van der Waals surface area contributed by atoms with Gasteiger partial charge < -0.3 is 4.74 Å². The zero-order chi connectivity index (χ0) is 24.3. The number of likely N-dealkylation sites (tertiary alicyclic amines) is 1. The SMILES string of the molecule is O=C(COC(=O)[C@H](Cc1ccccc1)N1C(=O)[C@@H]2[C@H]3C=C[C@@H]([C@@H]4C[C@H]34)[C@H]2C1=O)c1ccc(Br)cc1. The standard InChI is InChI=1S/C28H24BrNO5/c29-17-8-6-16(7-9-17)23(31)14-35-28(34)22(12-15-4-2-1-3-5-15)30-26(32)24-18-10-11-19(21-13-20(18)21)25(24)27(30)33/h1-11,18-22,24-25H,12-14H2/t18-,19-,20-,21+,22-,24+,25+/m0/s1. The molecule has 0 spiro atoms. The third-order valence-corrected chi connectivity index (χ3v) is 8.59. The second-order valence-corrected chi connectivity index (χ2v) is 10.9. The second-order valence-electron chi connectivity index (χ2n) is 9.94. The number of esters is 1. The first-order valence-corrected chi connectivity index (χ1v) is 12.8. The molecule has 7 atom stereocenters. The molecular formula is C28H24BrNO5. The Morgan fingerprint density at radius 1 is 0.914 bits per heavy atom. The predicted molar refractivity (Wildman–Crippen MR) is 130 cm³/mol. The molecule has 2 bridgehead atoms. The van der Waals surface area contributed by atoms with E-state index in [4.69, 9.17) is 4.74 Å². The van der Waals surface area contributed by atoms with E-state index < -0.39 is 30.5 Å². The molecular weight excluding hydrogens is 510 g/mol. The fourth-order valence-corrected chi connectivity index (χ4v) is 6.62. The largest absolute Gasteiger partial charge is 0.456 e. The zero-order valence-corrected chi connectivity index (χ0v) is 20.5. The molecule has 0 unspecified atom stereocenters. The normalized spacial score (nSPS) is 30.6. The average Bonchev–Trinajstić information content (AvgIpc) is 3.65. The van der Waals surface area contributed by atoms with Gasteiger partial charge in [0.05, 0.1) is 11.8 Å². The molecule has 0 aromatic heterocycles. The quantitative estimate of drug-likeness (QED) is 0.234. The highest BCUT2D eigenvalue weighted by atomic mass is 79.9. The number of carbonyl (C=O) groups is 4. The summed E-state index contributed by atoms with van der Waals surface area (Å²) >= 11 is 3.33. The molecule has 0 N–H and O–H groups in total. The molecule has 1 aliphatic heterocycles. The lowest BCUT2D eigenvalue weighted by Crippen LogP contribution is -2.48. The Balaban J connectivity index is 1.25. The molecule has 1 heterocycles. The zero-order valence-electron chi connectivity index (χ0n) is 18.9. The van der Waals surface area contributed by atoms with Gasteiger partial charge in [-0.3, -0.25) is 19.3 Å². The van der Waals surface area contributed by atoms with Crippen molar-refractivity contribution in [2.45, 2.75) is 18.9 Å². The van der Waals surface area contributed by atoms with Crippen molar-refractivity contribution in [3.8, 4) is 0 Å². The number of hydrogen-bond donors (Lipinski definition) is 0. The van der Waals surface area contributed by atoms with Crippen molar-refractivity contribution in [2.75, 3.05) is 6.61 Å². The fraction of sp³-hybridized carbons (Fsp3) is 0.357. The molecule has 1 saturated heterocycles. The maximum atomic E-state index is 13.6. The summed E-state index contributed by atoms with van der Waals surface area (Å²) in [5.41, 5.74) is 1.23. The lowest BCUT2D eigenvalue weighted by molar-refractivity contribution is -0.158. The van der Waals surface area contributed by atoms with Crippen LogP contribution in [-0.4, -0.2) is 41.1 Å². The molecule has 2 amide bonds. The van der Waals surface area contributed by atoms with Crippen molar-refractivity contribution in [2.24, 2.45) is 35.5 Å². The topological polar surface area (TPSA) is 80.8 Å². The van der Waals surface area contributed by atoms with Crippen LogP contribution in [0, 0.1) is 35.5 Å². The van der Waals surface area contributed by atoms with Crippen molar-refractivity contribution in [1.29, 1.82) is 0 Å². The van der Waals surface area contributed by atoms with E-state index in [1.807, 2.05) is 30.3 Å². The maximum absolute atomic E-state index is 13.6. The third-order valence-electron chi connectivity index (χ3n) is 8.06. The van der Waals surface area contributed by atoms with Crippen LogP contribution >= 0.6 is 15.9 Å². The first kappa shape index (κ1) is 22.4. The highest BCUT2D eigenvalue weighted by Crippen LogP contribution is 2.65. The Labute approximate surface area is 211 Å². The second kappa shape index (κ2) is 8.55. The maximum Gasteiger partial charge on any atom is 0.330 e. The third kappa shape index (κ3) is 3.77. The summed E-state index contributed by atoms with van der Waals surface area (Å²) in [4.78, 5) is 54.3. The van der Waals surface area contributed by atoms with E-state index in [-0.39, 0.29) is 35.9 Å². The summed E-state index contributed by atoms with van der Waals surface area (Å²) in [5, 5.41) is 0. The summed E-state index contributed by atoms with van der Waals surface area (Å²) in [5.74, 6) is -1.31. The highest BCUT2D eigenvalue weighted by Gasteiger charge is 2.68. The van der Waals surface area contributed by atoms with Gasteiger partial charge in [0, 0.05) is 16.5 Å². The van der Waals surface area contributed by atoms with Crippen LogP contribution < -0.4 is 0 Å². The first-order chi connectivity index (χ1) is 16.9. The molecule has 6 nitrogen and oxygen atoms in total. The Hall–Kier alpha value is -3.06. The molecule has 4 aliphatic carbocycles. The number of nitrogens with zero attached hydrogens (tertiary/aromatic N) is 1. The summed E-state index contributed by atoms with van der Waals surface area (Å²) in [7, 11) is 0. The van der Waals surface area contributed by atoms with E-state index in [9.17, 15) is 19.2 Å². The molecule has 3 fully saturated rings. The Morgan fingerprint density at radius 2 is 1.51 bits per heavy atom. The molecule has 0 radical (unpaired) electrons. The number of benzene rings is 2. The number of halogens is 1. The van der Waals surface area contributed by atoms with E-state index in [1.54, 1.807) is 24.3 Å². The minimum Gasteiger partial charge on any atom is -0.456 e. The van der Waals surface area contributed by atoms with Gasteiger partial charge in [0.1, 0.15) is 6.04 Å². The number of ether oxygens (including phenoxy) is 1. The van der Waals surface area contributed by atoms with E-state index >= 15 is 0 Å². The van der Waals surface area contributed by atoms with Gasteiger partial charge in [-0.05, 0) is 47.8 Å². The van der Waals surface area contributed by atoms with Gasteiger partial charge in [-0.1, -0.05) is 70.5 Å². The number of imide groups is 1. The van der Waals surface area contributed by atoms with Crippen LogP contribution in [-0.2, 0) is 25.5 Å². The van der Waals surface area contributed by atoms with E-state index in [1.165, 1.54) is 0 Å². The van der Waals surface area contributed by atoms with Crippen molar-refractivity contribution >= 4 is 39.5 Å². The van der Waals surface area contributed by atoms with Gasteiger partial charge in [-0.15, -0.1) is 0 Å². The van der Waals surface area contributed by atoms with E-state index in [0.717, 1.165) is 21.4 Å². The van der Waals surface area contributed by atoms with Crippen LogP contribution in [0.1, 0.15) is 22.3 Å². The summed E-state index contributed by atoms with van der Waals surface area (Å²) in [6.07, 6.45) is 5.44. The van der Waals surface area contributed by atoms with E-state index in [0.29, 0.717) is 17.4 Å². The lowest BCUT2D eigenvalue weighted by Gasteiger charge is -2.37. The number of Topliss-reactive ketones (excluding diaryl/α,β-unsaturated/α-hetero) is 1. The Bertz CT molecular complexity index is 1200. The average molecular weight is 534 g/mol. The lowest BCUT2D eigenvalue weighted by atomic mass is 9.63. The Kier molecular flexibility index (Phi) is 5.48. The van der Waals surface area contributed by atoms with Crippen molar-refractivity contribution < 1.29 is 23.9 Å². The molecule has 7 rings (SSSR count). The fourth-order valence-electron chi connectivity index (χ4n) is 6.36. The predicted octanol–water partition coefficient (Wildman–Crippen LogP) is 3.84. The number of amides is 2. The molecule has 7 heteroatoms. The van der Waals surface area contributed by atoms with Gasteiger partial charge in [0.15, 0.2) is 12.4 Å². The number of hydrogen-bond acceptors (Lipinski definition) is 5. The highest BCUT2D eigenvalue weighted by molar-refractivity contribution is 9.10. The van der Waals surface area contributed by atoms with Crippen LogP contribution in [0.25, 0.3) is 0 Å². The van der Waals surface area contributed by atoms with Gasteiger partial charge in [0.25, 0.3) is 0 Å². The number of rotatable bonds is 7.